The van der Waals surface area contributed by atoms with E-state index in [4.69, 9.17) is 5.73 Å². The molecule has 142 valence electrons. The number of carbonyl (C=O) groups is 1. The van der Waals surface area contributed by atoms with Crippen LogP contribution < -0.4 is 11.1 Å². The van der Waals surface area contributed by atoms with E-state index >= 15 is 0 Å². The second-order valence-electron chi connectivity index (χ2n) is 7.52. The van der Waals surface area contributed by atoms with Gasteiger partial charge < -0.3 is 16.2 Å². The van der Waals surface area contributed by atoms with Crippen LogP contribution in [0.2, 0.25) is 0 Å². The van der Waals surface area contributed by atoms with Gasteiger partial charge in [0.1, 0.15) is 6.04 Å². The second-order valence-corrected chi connectivity index (χ2v) is 7.52. The standard InChI is InChI=1S/C21H28N2O2.ClH/c1-14-5-7-16(8-6-14)19(22)20(25)23-13-18(24)15-9-11-17(12-10-15)21(2,3)4;/h5-12,18-19,24H,13,22H2,1-4H3,(H,23,25);1H. The first-order chi connectivity index (χ1) is 11.7. The van der Waals surface area contributed by atoms with Crippen molar-refractivity contribution in [3.8, 4) is 0 Å². The highest BCUT2D eigenvalue weighted by Crippen LogP contribution is 2.24. The Hall–Kier alpha value is -1.88. The Morgan fingerprint density at radius 2 is 1.54 bits per heavy atom. The van der Waals surface area contributed by atoms with Gasteiger partial charge in [0, 0.05) is 6.54 Å². The van der Waals surface area contributed by atoms with Crippen LogP contribution in [0.4, 0.5) is 0 Å². The minimum Gasteiger partial charge on any atom is -0.387 e. The van der Waals surface area contributed by atoms with E-state index in [0.717, 1.165) is 16.7 Å². The first kappa shape index (κ1) is 22.2. The Labute approximate surface area is 162 Å². The SMILES string of the molecule is Cc1ccc(C(N)C(=O)NCC(O)c2ccc(C(C)(C)C)cc2)cc1.Cl. The van der Waals surface area contributed by atoms with Gasteiger partial charge in [-0.15, -0.1) is 12.4 Å². The predicted octanol–water partition coefficient (Wildman–Crippen LogP) is 3.56. The van der Waals surface area contributed by atoms with Crippen molar-refractivity contribution in [2.75, 3.05) is 6.54 Å². The molecule has 0 bridgehead atoms. The largest absolute Gasteiger partial charge is 0.387 e. The van der Waals surface area contributed by atoms with E-state index in [2.05, 4.69) is 26.1 Å². The van der Waals surface area contributed by atoms with Crippen LogP contribution >= 0.6 is 12.4 Å². The number of aliphatic hydroxyl groups is 1. The number of hydrogen-bond donors (Lipinski definition) is 3. The number of aryl methyl sites for hydroxylation is 1. The lowest BCUT2D eigenvalue weighted by molar-refractivity contribution is -0.122. The van der Waals surface area contributed by atoms with Crippen molar-refractivity contribution in [1.29, 1.82) is 0 Å². The number of rotatable bonds is 5. The summed E-state index contributed by atoms with van der Waals surface area (Å²) in [6, 6.07) is 14.6. The quantitative estimate of drug-likeness (QED) is 0.746. The molecule has 26 heavy (non-hydrogen) atoms. The summed E-state index contributed by atoms with van der Waals surface area (Å²) in [6.45, 7) is 8.55. The van der Waals surface area contributed by atoms with Crippen LogP contribution in [0, 0.1) is 6.92 Å². The van der Waals surface area contributed by atoms with Gasteiger partial charge in [-0.1, -0.05) is 74.9 Å². The molecule has 2 aromatic carbocycles. The maximum Gasteiger partial charge on any atom is 0.241 e. The lowest BCUT2D eigenvalue weighted by Crippen LogP contribution is -2.36. The van der Waals surface area contributed by atoms with Crippen LogP contribution in [0.5, 0.6) is 0 Å². The topological polar surface area (TPSA) is 75.4 Å². The fourth-order valence-corrected chi connectivity index (χ4v) is 2.56. The molecular weight excluding hydrogens is 348 g/mol. The van der Waals surface area contributed by atoms with Gasteiger partial charge >= 0.3 is 0 Å². The van der Waals surface area contributed by atoms with Gasteiger partial charge in [-0.25, -0.2) is 0 Å². The first-order valence-corrected chi connectivity index (χ1v) is 8.57. The highest BCUT2D eigenvalue weighted by Gasteiger charge is 2.18. The summed E-state index contributed by atoms with van der Waals surface area (Å²) in [5, 5.41) is 13.0. The van der Waals surface area contributed by atoms with Gasteiger partial charge in [0.2, 0.25) is 5.91 Å². The lowest BCUT2D eigenvalue weighted by Gasteiger charge is -2.20. The molecule has 5 heteroatoms. The number of aliphatic hydroxyl groups excluding tert-OH is 1. The third-order valence-electron chi connectivity index (χ3n) is 4.35. The maximum atomic E-state index is 12.2. The van der Waals surface area contributed by atoms with Crippen molar-refractivity contribution in [1.82, 2.24) is 5.32 Å². The summed E-state index contributed by atoms with van der Waals surface area (Å²) in [4.78, 5) is 12.2. The van der Waals surface area contributed by atoms with E-state index in [1.54, 1.807) is 0 Å². The molecule has 2 unspecified atom stereocenters. The molecule has 0 spiro atoms. The van der Waals surface area contributed by atoms with Crippen molar-refractivity contribution >= 4 is 18.3 Å². The second kappa shape index (κ2) is 9.17. The Bertz CT molecular complexity index is 706. The Kier molecular flexibility index (Phi) is 7.82. The van der Waals surface area contributed by atoms with Crippen LogP contribution in [0.1, 0.15) is 55.2 Å². The van der Waals surface area contributed by atoms with Crippen LogP contribution in [0.3, 0.4) is 0 Å². The molecule has 0 aliphatic rings. The van der Waals surface area contributed by atoms with E-state index in [0.29, 0.717) is 0 Å². The average Bonchev–Trinajstić information content (AvgIpc) is 2.58. The third-order valence-corrected chi connectivity index (χ3v) is 4.35. The van der Waals surface area contributed by atoms with Gasteiger partial charge in [-0.3, -0.25) is 4.79 Å². The molecular formula is C21H29ClN2O2. The first-order valence-electron chi connectivity index (χ1n) is 8.57. The molecule has 0 aromatic heterocycles. The van der Waals surface area contributed by atoms with E-state index in [-0.39, 0.29) is 30.3 Å². The van der Waals surface area contributed by atoms with E-state index < -0.39 is 12.1 Å². The number of halogens is 1. The molecule has 0 aliphatic carbocycles. The minimum absolute atomic E-state index is 0. The van der Waals surface area contributed by atoms with Gasteiger partial charge in [-0.2, -0.15) is 0 Å². The zero-order valence-electron chi connectivity index (χ0n) is 15.8. The van der Waals surface area contributed by atoms with Crippen LogP contribution in [0.25, 0.3) is 0 Å². The molecule has 2 atom stereocenters. The van der Waals surface area contributed by atoms with Gasteiger partial charge in [0.15, 0.2) is 0 Å². The highest BCUT2D eigenvalue weighted by atomic mass is 35.5. The van der Waals surface area contributed by atoms with Crippen LogP contribution in [-0.4, -0.2) is 17.6 Å². The molecule has 2 aromatic rings. The summed E-state index contributed by atoms with van der Waals surface area (Å²) < 4.78 is 0. The molecule has 0 radical (unpaired) electrons. The van der Waals surface area contributed by atoms with Crippen LogP contribution in [0.15, 0.2) is 48.5 Å². The molecule has 4 nitrogen and oxygen atoms in total. The van der Waals surface area contributed by atoms with Gasteiger partial charge in [-0.05, 0) is 29.0 Å². The van der Waals surface area contributed by atoms with Crippen molar-refractivity contribution in [2.45, 2.75) is 45.3 Å². The Morgan fingerprint density at radius 1 is 1.04 bits per heavy atom. The van der Waals surface area contributed by atoms with Crippen molar-refractivity contribution in [2.24, 2.45) is 5.73 Å². The predicted molar refractivity (Wildman–Crippen MR) is 108 cm³/mol. The molecule has 4 N–H and O–H groups in total. The summed E-state index contributed by atoms with van der Waals surface area (Å²) in [5.41, 5.74) is 9.91. The Balaban J connectivity index is 0.00000338. The smallest absolute Gasteiger partial charge is 0.241 e. The van der Waals surface area contributed by atoms with Crippen LogP contribution in [-0.2, 0) is 10.2 Å². The number of benzene rings is 2. The fraction of sp³-hybridized carbons (Fsp3) is 0.381. The molecule has 0 heterocycles. The van der Waals surface area contributed by atoms with E-state index in [1.165, 1.54) is 5.56 Å². The normalized spacial score (nSPS) is 13.5. The minimum atomic E-state index is -0.761. The number of amides is 1. The van der Waals surface area contributed by atoms with Crippen molar-refractivity contribution in [3.63, 3.8) is 0 Å². The molecule has 0 saturated heterocycles. The van der Waals surface area contributed by atoms with Crippen molar-refractivity contribution < 1.29 is 9.90 Å². The summed E-state index contributed by atoms with van der Waals surface area (Å²) in [7, 11) is 0. The number of carbonyl (C=O) groups excluding carboxylic acids is 1. The average molecular weight is 377 g/mol. The molecule has 1 amide bonds. The summed E-state index contributed by atoms with van der Waals surface area (Å²) in [5.74, 6) is -0.297. The van der Waals surface area contributed by atoms with Gasteiger partial charge in [0.25, 0.3) is 0 Å². The molecule has 0 aliphatic heterocycles. The molecule has 0 fully saturated rings. The lowest BCUT2D eigenvalue weighted by atomic mass is 9.86. The number of nitrogens with two attached hydrogens (primary N) is 1. The number of nitrogens with one attached hydrogen (secondary N) is 1. The zero-order valence-corrected chi connectivity index (χ0v) is 16.6. The molecule has 2 rings (SSSR count). The maximum absolute atomic E-state index is 12.2. The molecule has 0 saturated carbocycles. The van der Waals surface area contributed by atoms with E-state index in [9.17, 15) is 9.90 Å². The Morgan fingerprint density at radius 3 is 2.04 bits per heavy atom. The summed E-state index contributed by atoms with van der Waals surface area (Å²) in [6.07, 6.45) is -0.761. The summed E-state index contributed by atoms with van der Waals surface area (Å²) >= 11 is 0. The highest BCUT2D eigenvalue weighted by molar-refractivity contribution is 5.85. The number of hydrogen-bond acceptors (Lipinski definition) is 3. The fourth-order valence-electron chi connectivity index (χ4n) is 2.56. The van der Waals surface area contributed by atoms with E-state index in [1.807, 2.05) is 55.5 Å². The monoisotopic (exact) mass is 376 g/mol. The van der Waals surface area contributed by atoms with Gasteiger partial charge in [0.05, 0.1) is 6.10 Å². The van der Waals surface area contributed by atoms with Crippen molar-refractivity contribution in [3.05, 3.63) is 70.8 Å². The third kappa shape index (κ3) is 5.84. The zero-order chi connectivity index (χ0) is 18.6.